The second kappa shape index (κ2) is 7.07. The van der Waals surface area contributed by atoms with Gasteiger partial charge >= 0.3 is 0 Å². The summed E-state index contributed by atoms with van der Waals surface area (Å²) < 4.78 is 16.2. The number of amides is 3. The number of ether oxygens (including phenoxy) is 2. The molecule has 2 aromatic carbocycles. The number of anilines is 1. The largest absolute Gasteiger partial charge is 0.486 e. The first-order chi connectivity index (χ1) is 14.6. The van der Waals surface area contributed by atoms with Crippen LogP contribution in [-0.4, -0.2) is 35.8 Å². The zero-order valence-electron chi connectivity index (χ0n) is 15.7. The maximum atomic E-state index is 12.7. The zero-order valence-corrected chi connectivity index (χ0v) is 15.7. The fraction of sp³-hybridized carbons (Fsp3) is 0.136. The molecule has 0 atom stereocenters. The highest BCUT2D eigenvalue weighted by atomic mass is 16.6. The average molecular weight is 404 g/mol. The first-order valence-electron chi connectivity index (χ1n) is 9.34. The summed E-state index contributed by atoms with van der Waals surface area (Å²) in [5.41, 5.74) is 1.26. The van der Waals surface area contributed by atoms with Crippen molar-refractivity contribution in [3.05, 3.63) is 77.2 Å². The number of carbonyl (C=O) groups excluding carboxylic acids is 3. The Bertz CT molecular complexity index is 1170. The highest BCUT2D eigenvalue weighted by Gasteiger charge is 2.36. The van der Waals surface area contributed by atoms with E-state index in [2.05, 4.69) is 5.32 Å². The Morgan fingerprint density at radius 3 is 2.53 bits per heavy atom. The second-order valence-corrected chi connectivity index (χ2v) is 6.85. The van der Waals surface area contributed by atoms with E-state index >= 15 is 0 Å². The first kappa shape index (κ1) is 18.0. The number of furan rings is 1. The molecule has 3 heterocycles. The van der Waals surface area contributed by atoms with Gasteiger partial charge < -0.3 is 19.2 Å². The van der Waals surface area contributed by atoms with Gasteiger partial charge in [0.2, 0.25) is 0 Å². The van der Waals surface area contributed by atoms with Gasteiger partial charge in [-0.25, -0.2) is 0 Å². The van der Waals surface area contributed by atoms with E-state index in [1.165, 1.54) is 24.5 Å². The highest BCUT2D eigenvalue weighted by Crippen LogP contribution is 2.33. The predicted molar refractivity (Wildman–Crippen MR) is 105 cm³/mol. The summed E-state index contributed by atoms with van der Waals surface area (Å²) in [6, 6.07) is 12.9. The van der Waals surface area contributed by atoms with Gasteiger partial charge in [-0.3, -0.25) is 19.3 Å². The van der Waals surface area contributed by atoms with E-state index in [1.54, 1.807) is 30.3 Å². The monoisotopic (exact) mass is 404 g/mol. The third-order valence-corrected chi connectivity index (χ3v) is 4.93. The van der Waals surface area contributed by atoms with Gasteiger partial charge in [0, 0.05) is 17.3 Å². The number of hydrogen-bond acceptors (Lipinski definition) is 6. The van der Waals surface area contributed by atoms with Crippen molar-refractivity contribution >= 4 is 23.4 Å². The zero-order chi connectivity index (χ0) is 20.7. The van der Waals surface area contributed by atoms with Gasteiger partial charge in [0.15, 0.2) is 11.5 Å². The molecule has 0 fully saturated rings. The number of fused-ring (bicyclic) bond motifs is 2. The minimum atomic E-state index is -0.458. The van der Waals surface area contributed by atoms with Crippen molar-refractivity contribution in [2.24, 2.45) is 0 Å². The summed E-state index contributed by atoms with van der Waals surface area (Å²) in [6.07, 6.45) is 1.48. The normalized spacial score (nSPS) is 14.6. The lowest BCUT2D eigenvalue weighted by atomic mass is 10.1. The van der Waals surface area contributed by atoms with Crippen molar-refractivity contribution in [2.45, 2.75) is 6.54 Å². The van der Waals surface area contributed by atoms with E-state index in [9.17, 15) is 14.4 Å². The molecular formula is C22H16N2O6. The van der Waals surface area contributed by atoms with Gasteiger partial charge in [-0.1, -0.05) is 0 Å². The summed E-state index contributed by atoms with van der Waals surface area (Å²) in [5, 5.41) is 2.77. The Morgan fingerprint density at radius 1 is 0.933 bits per heavy atom. The van der Waals surface area contributed by atoms with Crippen LogP contribution in [0.4, 0.5) is 5.69 Å². The van der Waals surface area contributed by atoms with Crippen LogP contribution in [0.15, 0.2) is 59.2 Å². The van der Waals surface area contributed by atoms with Gasteiger partial charge in [0.25, 0.3) is 17.7 Å². The fourth-order valence-electron chi connectivity index (χ4n) is 3.46. The molecule has 0 radical (unpaired) electrons. The molecule has 8 heteroatoms. The molecule has 0 aliphatic carbocycles. The Balaban J connectivity index is 1.36. The van der Waals surface area contributed by atoms with Crippen molar-refractivity contribution < 1.29 is 28.3 Å². The molecule has 0 saturated carbocycles. The molecule has 0 unspecified atom stereocenters. The molecule has 1 aromatic heterocycles. The van der Waals surface area contributed by atoms with E-state index in [4.69, 9.17) is 13.9 Å². The van der Waals surface area contributed by atoms with Gasteiger partial charge in [0.1, 0.15) is 19.0 Å². The number of rotatable bonds is 4. The van der Waals surface area contributed by atoms with Crippen LogP contribution >= 0.6 is 0 Å². The summed E-state index contributed by atoms with van der Waals surface area (Å²) in [5.74, 6) is 0.408. The number of nitrogens with zero attached hydrogens (tertiary/aromatic N) is 1. The number of nitrogens with one attached hydrogen (secondary N) is 1. The summed E-state index contributed by atoms with van der Waals surface area (Å²) in [4.78, 5) is 39.1. The lowest BCUT2D eigenvalue weighted by molar-refractivity contribution is 0.0631. The van der Waals surface area contributed by atoms with Crippen LogP contribution in [0.2, 0.25) is 0 Å². The highest BCUT2D eigenvalue weighted by molar-refractivity contribution is 6.22. The third-order valence-electron chi connectivity index (χ3n) is 4.93. The number of imide groups is 1. The summed E-state index contributed by atoms with van der Waals surface area (Å²) in [6.45, 7) is 0.968. The van der Waals surface area contributed by atoms with Crippen LogP contribution in [0.1, 0.15) is 36.8 Å². The molecule has 0 saturated heterocycles. The molecule has 150 valence electrons. The Hall–Kier alpha value is -4.07. The van der Waals surface area contributed by atoms with Crippen LogP contribution in [0.3, 0.4) is 0 Å². The average Bonchev–Trinajstić information content (AvgIpc) is 3.36. The summed E-state index contributed by atoms with van der Waals surface area (Å²) in [7, 11) is 0. The Labute approximate surface area is 171 Å². The summed E-state index contributed by atoms with van der Waals surface area (Å²) >= 11 is 0. The molecule has 0 bridgehead atoms. The van der Waals surface area contributed by atoms with Gasteiger partial charge in [0.05, 0.1) is 23.9 Å². The molecule has 8 nitrogen and oxygen atoms in total. The molecule has 2 aliphatic heterocycles. The minimum Gasteiger partial charge on any atom is -0.486 e. The molecular weight excluding hydrogens is 388 g/mol. The molecule has 1 N–H and O–H groups in total. The van der Waals surface area contributed by atoms with E-state index in [-0.39, 0.29) is 23.2 Å². The Morgan fingerprint density at radius 2 is 1.73 bits per heavy atom. The van der Waals surface area contributed by atoms with E-state index < -0.39 is 17.7 Å². The molecule has 5 rings (SSSR count). The molecule has 2 aliphatic rings. The number of hydrogen-bond donors (Lipinski definition) is 1. The molecule has 3 amide bonds. The van der Waals surface area contributed by atoms with Crippen LogP contribution < -0.4 is 14.8 Å². The maximum Gasteiger partial charge on any atom is 0.261 e. The number of benzene rings is 2. The quantitative estimate of drug-likeness (QED) is 0.671. The van der Waals surface area contributed by atoms with Gasteiger partial charge in [-0.2, -0.15) is 0 Å². The van der Waals surface area contributed by atoms with E-state index in [0.29, 0.717) is 36.2 Å². The van der Waals surface area contributed by atoms with Crippen molar-refractivity contribution in [3.63, 3.8) is 0 Å². The Kier molecular flexibility index (Phi) is 4.24. The van der Waals surface area contributed by atoms with Crippen LogP contribution in [0.5, 0.6) is 11.5 Å². The predicted octanol–water partition coefficient (Wildman–Crippen LogP) is 3.10. The molecule has 30 heavy (non-hydrogen) atoms. The SMILES string of the molecule is O=C(Nc1ccc2c(c1)OCCO2)c1ccc2c(c1)C(=O)N(Cc1ccco1)C2=O. The maximum absolute atomic E-state index is 12.7. The lowest BCUT2D eigenvalue weighted by Gasteiger charge is -2.19. The van der Waals surface area contributed by atoms with E-state index in [0.717, 1.165) is 4.90 Å². The third kappa shape index (κ3) is 3.08. The molecule has 3 aromatic rings. The van der Waals surface area contributed by atoms with Gasteiger partial charge in [-0.05, 0) is 42.5 Å². The van der Waals surface area contributed by atoms with E-state index in [1.807, 2.05) is 0 Å². The van der Waals surface area contributed by atoms with Crippen molar-refractivity contribution in [1.82, 2.24) is 4.90 Å². The molecule has 0 spiro atoms. The van der Waals surface area contributed by atoms with Crippen LogP contribution in [0.25, 0.3) is 0 Å². The minimum absolute atomic E-state index is 0.0398. The van der Waals surface area contributed by atoms with Crippen molar-refractivity contribution in [1.29, 1.82) is 0 Å². The lowest BCUT2D eigenvalue weighted by Crippen LogP contribution is -2.28. The topological polar surface area (TPSA) is 98.1 Å². The standard InChI is InChI=1S/C22H16N2O6/c25-20(23-14-4-6-18-19(11-14)30-9-8-29-18)13-3-5-16-17(10-13)22(27)24(21(16)26)12-15-2-1-7-28-15/h1-7,10-11H,8-9,12H2,(H,23,25). The first-order valence-corrected chi connectivity index (χ1v) is 9.34. The smallest absolute Gasteiger partial charge is 0.261 e. The van der Waals surface area contributed by atoms with Crippen molar-refractivity contribution in [3.8, 4) is 11.5 Å². The number of carbonyl (C=O) groups is 3. The van der Waals surface area contributed by atoms with Crippen LogP contribution in [0, 0.1) is 0 Å². The van der Waals surface area contributed by atoms with Crippen LogP contribution in [-0.2, 0) is 6.54 Å². The fourth-order valence-corrected chi connectivity index (χ4v) is 3.46. The van der Waals surface area contributed by atoms with Crippen molar-refractivity contribution in [2.75, 3.05) is 18.5 Å². The van der Waals surface area contributed by atoms with Gasteiger partial charge in [-0.15, -0.1) is 0 Å². The second-order valence-electron chi connectivity index (χ2n) is 6.85.